The molecule has 0 saturated heterocycles. The van der Waals surface area contributed by atoms with Crippen LogP contribution in [-0.4, -0.2) is 11.3 Å². The van der Waals surface area contributed by atoms with E-state index in [1.165, 1.54) is 6.07 Å². The molecule has 0 spiro atoms. The molecule has 0 unspecified atom stereocenters. The molecule has 15 heavy (non-hydrogen) atoms. The molecular formula is C11H11F2NO. The molecule has 0 heterocycles. The fraction of sp³-hybridized carbons (Fsp3) is 0.364. The number of hydrogen-bond donors (Lipinski definition) is 1. The number of benzene rings is 1. The Bertz CT molecular complexity index is 413. The molecule has 0 atom stereocenters. The molecule has 0 amide bonds. The molecule has 1 aliphatic carbocycles. The van der Waals surface area contributed by atoms with E-state index in [1.54, 1.807) is 0 Å². The second-order valence-corrected chi connectivity index (χ2v) is 4.09. The minimum absolute atomic E-state index is 0.0758. The molecule has 0 aliphatic heterocycles. The van der Waals surface area contributed by atoms with Crippen molar-refractivity contribution in [3.63, 3.8) is 0 Å². The zero-order valence-corrected chi connectivity index (χ0v) is 8.09. The van der Waals surface area contributed by atoms with Gasteiger partial charge in [0.1, 0.15) is 11.6 Å². The van der Waals surface area contributed by atoms with Gasteiger partial charge in [-0.2, -0.15) is 0 Å². The molecular weight excluding hydrogens is 200 g/mol. The van der Waals surface area contributed by atoms with Crippen molar-refractivity contribution >= 4 is 5.78 Å². The van der Waals surface area contributed by atoms with Crippen LogP contribution in [-0.2, 0) is 0 Å². The monoisotopic (exact) mass is 211 g/mol. The molecule has 1 aromatic carbocycles. The van der Waals surface area contributed by atoms with Crippen LogP contribution < -0.4 is 5.73 Å². The van der Waals surface area contributed by atoms with Crippen LogP contribution in [0, 0.1) is 11.6 Å². The summed E-state index contributed by atoms with van der Waals surface area (Å²) in [5, 5.41) is 0. The van der Waals surface area contributed by atoms with E-state index in [0.717, 1.165) is 18.9 Å². The van der Waals surface area contributed by atoms with Gasteiger partial charge in [0, 0.05) is 18.0 Å². The summed E-state index contributed by atoms with van der Waals surface area (Å²) in [5.41, 5.74) is 5.23. The molecule has 80 valence electrons. The molecule has 0 radical (unpaired) electrons. The van der Waals surface area contributed by atoms with E-state index in [4.69, 9.17) is 5.73 Å². The van der Waals surface area contributed by atoms with Gasteiger partial charge in [0.05, 0.1) is 5.56 Å². The topological polar surface area (TPSA) is 43.1 Å². The molecule has 0 aromatic heterocycles. The van der Waals surface area contributed by atoms with E-state index in [-0.39, 0.29) is 17.8 Å². The maximum Gasteiger partial charge on any atom is 0.167 e. The molecule has 2 N–H and O–H groups in total. The van der Waals surface area contributed by atoms with Gasteiger partial charge in [-0.05, 0) is 25.0 Å². The van der Waals surface area contributed by atoms with E-state index >= 15 is 0 Å². The fourth-order valence-electron chi connectivity index (χ4n) is 1.47. The van der Waals surface area contributed by atoms with Gasteiger partial charge < -0.3 is 5.73 Å². The first-order chi connectivity index (χ1) is 7.00. The minimum atomic E-state index is -0.816. The number of carbonyl (C=O) groups is 1. The van der Waals surface area contributed by atoms with Gasteiger partial charge in [0.2, 0.25) is 0 Å². The lowest BCUT2D eigenvalue weighted by Crippen LogP contribution is -2.25. The highest BCUT2D eigenvalue weighted by Gasteiger charge is 2.40. The SMILES string of the molecule is NC1(CC(=O)c2ccc(F)cc2F)CC1. The largest absolute Gasteiger partial charge is 0.325 e. The quantitative estimate of drug-likeness (QED) is 0.777. The van der Waals surface area contributed by atoms with Crippen molar-refractivity contribution in [1.82, 2.24) is 0 Å². The highest BCUT2D eigenvalue weighted by molar-refractivity contribution is 5.97. The van der Waals surface area contributed by atoms with Gasteiger partial charge in [-0.1, -0.05) is 0 Å². The van der Waals surface area contributed by atoms with Gasteiger partial charge in [0.15, 0.2) is 5.78 Å². The highest BCUT2D eigenvalue weighted by Crippen LogP contribution is 2.36. The summed E-state index contributed by atoms with van der Waals surface area (Å²) in [6.45, 7) is 0. The van der Waals surface area contributed by atoms with Crippen molar-refractivity contribution in [3.05, 3.63) is 35.4 Å². The van der Waals surface area contributed by atoms with Crippen LogP contribution in [0.4, 0.5) is 8.78 Å². The Morgan fingerprint density at radius 3 is 2.60 bits per heavy atom. The van der Waals surface area contributed by atoms with E-state index in [0.29, 0.717) is 6.07 Å². The Morgan fingerprint density at radius 1 is 1.40 bits per heavy atom. The number of rotatable bonds is 3. The molecule has 1 fully saturated rings. The first-order valence-electron chi connectivity index (χ1n) is 4.77. The molecule has 1 aromatic rings. The number of halogens is 2. The third-order valence-electron chi connectivity index (χ3n) is 2.64. The molecule has 2 nitrogen and oxygen atoms in total. The number of ketones is 1. The Balaban J connectivity index is 2.18. The van der Waals surface area contributed by atoms with Crippen LogP contribution >= 0.6 is 0 Å². The third kappa shape index (κ3) is 2.21. The Hall–Kier alpha value is -1.29. The van der Waals surface area contributed by atoms with E-state index in [1.807, 2.05) is 0 Å². The first-order valence-corrected chi connectivity index (χ1v) is 4.77. The number of hydrogen-bond acceptors (Lipinski definition) is 2. The van der Waals surface area contributed by atoms with Gasteiger partial charge in [-0.3, -0.25) is 4.79 Å². The zero-order valence-electron chi connectivity index (χ0n) is 8.09. The lowest BCUT2D eigenvalue weighted by Gasteiger charge is -2.07. The van der Waals surface area contributed by atoms with Crippen LogP contribution in [0.5, 0.6) is 0 Å². The van der Waals surface area contributed by atoms with Gasteiger partial charge in [-0.25, -0.2) is 8.78 Å². The second-order valence-electron chi connectivity index (χ2n) is 4.09. The third-order valence-corrected chi connectivity index (χ3v) is 2.64. The predicted molar refractivity (Wildman–Crippen MR) is 51.5 cm³/mol. The van der Waals surface area contributed by atoms with E-state index in [2.05, 4.69) is 0 Å². The molecule has 1 saturated carbocycles. The average molecular weight is 211 g/mol. The van der Waals surface area contributed by atoms with Crippen molar-refractivity contribution in [2.45, 2.75) is 24.8 Å². The van der Waals surface area contributed by atoms with Gasteiger partial charge in [0.25, 0.3) is 0 Å². The summed E-state index contributed by atoms with van der Waals surface area (Å²) in [5.74, 6) is -1.85. The number of nitrogens with two attached hydrogens (primary N) is 1. The number of carbonyl (C=O) groups excluding carboxylic acids is 1. The molecule has 2 rings (SSSR count). The zero-order chi connectivity index (χ0) is 11.1. The fourth-order valence-corrected chi connectivity index (χ4v) is 1.47. The van der Waals surface area contributed by atoms with Gasteiger partial charge >= 0.3 is 0 Å². The highest BCUT2D eigenvalue weighted by atomic mass is 19.1. The Morgan fingerprint density at radius 2 is 2.07 bits per heavy atom. The molecule has 4 heteroatoms. The van der Waals surface area contributed by atoms with Gasteiger partial charge in [-0.15, -0.1) is 0 Å². The number of Topliss-reactive ketones (excluding diaryl/α,β-unsaturated/α-hetero) is 1. The van der Waals surface area contributed by atoms with Crippen LogP contribution in [0.25, 0.3) is 0 Å². The van der Waals surface area contributed by atoms with Crippen molar-refractivity contribution < 1.29 is 13.6 Å². The summed E-state index contributed by atoms with van der Waals surface area (Å²) < 4.78 is 25.8. The Labute approximate surface area is 86.1 Å². The summed E-state index contributed by atoms with van der Waals surface area (Å²) in [6.07, 6.45) is 1.72. The van der Waals surface area contributed by atoms with E-state index in [9.17, 15) is 13.6 Å². The van der Waals surface area contributed by atoms with Crippen LogP contribution in [0.1, 0.15) is 29.6 Å². The summed E-state index contributed by atoms with van der Waals surface area (Å²) in [6, 6.07) is 2.95. The average Bonchev–Trinajstić information content (AvgIpc) is 2.82. The smallest absolute Gasteiger partial charge is 0.167 e. The van der Waals surface area contributed by atoms with Crippen molar-refractivity contribution in [3.8, 4) is 0 Å². The Kier molecular flexibility index (Phi) is 2.31. The van der Waals surface area contributed by atoms with Crippen molar-refractivity contribution in [1.29, 1.82) is 0 Å². The van der Waals surface area contributed by atoms with Crippen LogP contribution in [0.3, 0.4) is 0 Å². The van der Waals surface area contributed by atoms with Crippen LogP contribution in [0.15, 0.2) is 18.2 Å². The molecule has 0 bridgehead atoms. The maximum atomic E-state index is 13.2. The summed E-state index contributed by atoms with van der Waals surface area (Å²) >= 11 is 0. The van der Waals surface area contributed by atoms with Crippen molar-refractivity contribution in [2.24, 2.45) is 5.73 Å². The lowest BCUT2D eigenvalue weighted by molar-refractivity contribution is 0.0967. The normalized spacial score (nSPS) is 17.5. The lowest BCUT2D eigenvalue weighted by atomic mass is 10.0. The summed E-state index contributed by atoms with van der Waals surface area (Å²) in [7, 11) is 0. The standard InChI is InChI=1S/C11H11F2NO/c12-7-1-2-8(9(13)5-7)10(15)6-11(14)3-4-11/h1-2,5H,3-4,6,14H2. The van der Waals surface area contributed by atoms with Crippen molar-refractivity contribution in [2.75, 3.05) is 0 Å². The second kappa shape index (κ2) is 3.38. The molecule has 1 aliphatic rings. The van der Waals surface area contributed by atoms with Crippen LogP contribution in [0.2, 0.25) is 0 Å². The predicted octanol–water partition coefficient (Wildman–Crippen LogP) is 2.03. The summed E-state index contributed by atoms with van der Waals surface area (Å²) in [4.78, 5) is 11.6. The first kappa shape index (κ1) is 10.2. The maximum absolute atomic E-state index is 13.2. The minimum Gasteiger partial charge on any atom is -0.325 e. The van der Waals surface area contributed by atoms with E-state index < -0.39 is 17.2 Å².